The van der Waals surface area contributed by atoms with Crippen molar-refractivity contribution in [2.75, 3.05) is 18.0 Å². The number of nitrogens with zero attached hydrogens (tertiary/aromatic N) is 6. The fraction of sp³-hybridized carbons (Fsp3) is 0.357. The van der Waals surface area contributed by atoms with Gasteiger partial charge in [-0.3, -0.25) is 5.10 Å². The predicted molar refractivity (Wildman–Crippen MR) is 77.9 cm³/mol. The summed E-state index contributed by atoms with van der Waals surface area (Å²) in [5.74, 6) is 1.25. The van der Waals surface area contributed by atoms with Crippen LogP contribution >= 0.6 is 0 Å². The molecule has 7 heteroatoms. The number of aromatic amines is 1. The summed E-state index contributed by atoms with van der Waals surface area (Å²) in [6.45, 7) is 1.88. The number of rotatable bonds is 2. The molecule has 3 aromatic heterocycles. The zero-order valence-electron chi connectivity index (χ0n) is 11.5. The van der Waals surface area contributed by atoms with Gasteiger partial charge in [-0.1, -0.05) is 0 Å². The second-order valence-corrected chi connectivity index (χ2v) is 5.18. The summed E-state index contributed by atoms with van der Waals surface area (Å²) in [5.41, 5.74) is 2.69. The fourth-order valence-electron chi connectivity index (χ4n) is 2.88. The van der Waals surface area contributed by atoms with E-state index in [0.717, 1.165) is 43.1 Å². The van der Waals surface area contributed by atoms with Crippen molar-refractivity contribution in [3.8, 4) is 0 Å². The molecule has 1 aliphatic heterocycles. The van der Waals surface area contributed by atoms with E-state index in [4.69, 9.17) is 0 Å². The Hall–Kier alpha value is -2.57. The van der Waals surface area contributed by atoms with Crippen LogP contribution in [0.25, 0.3) is 11.2 Å². The Morgan fingerprint density at radius 1 is 0.952 bits per heavy atom. The molecule has 3 aromatic rings. The number of hydrogen-bond acceptors (Lipinski definition) is 6. The average Bonchev–Trinajstić information content (AvgIpc) is 3.00. The first-order chi connectivity index (χ1) is 10.4. The van der Waals surface area contributed by atoms with Gasteiger partial charge in [0.15, 0.2) is 5.65 Å². The third kappa shape index (κ3) is 2.20. The first kappa shape index (κ1) is 12.2. The van der Waals surface area contributed by atoms with Crippen LogP contribution in [0.5, 0.6) is 0 Å². The predicted octanol–water partition coefficient (Wildman–Crippen LogP) is 1.53. The molecule has 0 aliphatic carbocycles. The standard InChI is InChI=1S/C14H15N7/c1-4-17-14(18-5-1)21-8-2-10(3-9-21)11-12-13(20-19-11)16-7-6-15-12/h1,4-7,10H,2-3,8-9H2,(H,16,19,20). The number of piperidine rings is 1. The molecule has 0 amide bonds. The molecule has 7 nitrogen and oxygen atoms in total. The van der Waals surface area contributed by atoms with Crippen LogP contribution in [0, 0.1) is 0 Å². The Morgan fingerprint density at radius 2 is 1.71 bits per heavy atom. The van der Waals surface area contributed by atoms with E-state index in [1.54, 1.807) is 24.8 Å². The lowest BCUT2D eigenvalue weighted by Crippen LogP contribution is -2.34. The highest BCUT2D eigenvalue weighted by atomic mass is 15.2. The van der Waals surface area contributed by atoms with Gasteiger partial charge in [-0.25, -0.2) is 19.9 Å². The number of anilines is 1. The maximum Gasteiger partial charge on any atom is 0.225 e. The summed E-state index contributed by atoms with van der Waals surface area (Å²) in [4.78, 5) is 19.5. The molecule has 0 spiro atoms. The Bertz CT molecular complexity index is 731. The van der Waals surface area contributed by atoms with Crippen LogP contribution in [0.3, 0.4) is 0 Å². The van der Waals surface area contributed by atoms with Gasteiger partial charge >= 0.3 is 0 Å². The molecular weight excluding hydrogens is 266 g/mol. The summed E-state index contributed by atoms with van der Waals surface area (Å²) < 4.78 is 0. The number of nitrogens with one attached hydrogen (secondary N) is 1. The molecule has 0 unspecified atom stereocenters. The molecule has 0 aromatic carbocycles. The molecule has 4 heterocycles. The van der Waals surface area contributed by atoms with Crippen molar-refractivity contribution >= 4 is 17.1 Å². The fourth-order valence-corrected chi connectivity index (χ4v) is 2.88. The molecule has 0 saturated carbocycles. The van der Waals surface area contributed by atoms with Crippen LogP contribution in [-0.2, 0) is 0 Å². The zero-order chi connectivity index (χ0) is 14.1. The van der Waals surface area contributed by atoms with Gasteiger partial charge in [0.1, 0.15) is 5.52 Å². The second kappa shape index (κ2) is 5.08. The monoisotopic (exact) mass is 281 g/mol. The molecule has 0 atom stereocenters. The first-order valence-electron chi connectivity index (χ1n) is 7.09. The average molecular weight is 281 g/mol. The quantitative estimate of drug-likeness (QED) is 0.767. The minimum atomic E-state index is 0.437. The van der Waals surface area contributed by atoms with Crippen molar-refractivity contribution in [2.45, 2.75) is 18.8 Å². The van der Waals surface area contributed by atoms with Crippen LogP contribution < -0.4 is 4.90 Å². The van der Waals surface area contributed by atoms with Gasteiger partial charge in [0.2, 0.25) is 5.95 Å². The molecule has 0 radical (unpaired) electrons. The van der Waals surface area contributed by atoms with Crippen LogP contribution in [0.15, 0.2) is 30.9 Å². The topological polar surface area (TPSA) is 83.5 Å². The molecule has 1 saturated heterocycles. The Morgan fingerprint density at radius 3 is 2.52 bits per heavy atom. The highest BCUT2D eigenvalue weighted by Crippen LogP contribution is 2.30. The van der Waals surface area contributed by atoms with Crippen molar-refractivity contribution < 1.29 is 0 Å². The van der Waals surface area contributed by atoms with Crippen LogP contribution in [0.2, 0.25) is 0 Å². The maximum absolute atomic E-state index is 4.40. The lowest BCUT2D eigenvalue weighted by molar-refractivity contribution is 0.492. The molecule has 1 fully saturated rings. The summed E-state index contributed by atoms with van der Waals surface area (Å²) in [5, 5.41) is 7.35. The van der Waals surface area contributed by atoms with E-state index in [-0.39, 0.29) is 0 Å². The smallest absolute Gasteiger partial charge is 0.225 e. The van der Waals surface area contributed by atoms with Crippen molar-refractivity contribution in [2.24, 2.45) is 0 Å². The summed E-state index contributed by atoms with van der Waals surface area (Å²) >= 11 is 0. The van der Waals surface area contributed by atoms with Gasteiger partial charge in [0, 0.05) is 43.8 Å². The lowest BCUT2D eigenvalue weighted by atomic mass is 9.93. The molecule has 4 rings (SSSR count). The highest BCUT2D eigenvalue weighted by Gasteiger charge is 2.25. The highest BCUT2D eigenvalue weighted by molar-refractivity contribution is 5.72. The summed E-state index contributed by atoms with van der Waals surface area (Å²) in [6.07, 6.45) is 9.02. The van der Waals surface area contributed by atoms with Crippen molar-refractivity contribution in [1.82, 2.24) is 30.1 Å². The van der Waals surface area contributed by atoms with Gasteiger partial charge < -0.3 is 4.90 Å². The van der Waals surface area contributed by atoms with Gasteiger partial charge in [-0.2, -0.15) is 5.10 Å². The Kier molecular flexibility index (Phi) is 2.95. The van der Waals surface area contributed by atoms with E-state index in [1.807, 2.05) is 6.07 Å². The van der Waals surface area contributed by atoms with Gasteiger partial charge in [-0.05, 0) is 18.9 Å². The number of H-pyrrole nitrogens is 1. The number of hydrogen-bond donors (Lipinski definition) is 1. The van der Waals surface area contributed by atoms with Crippen molar-refractivity contribution in [3.63, 3.8) is 0 Å². The summed E-state index contributed by atoms with van der Waals surface area (Å²) in [6, 6.07) is 1.84. The molecule has 21 heavy (non-hydrogen) atoms. The van der Waals surface area contributed by atoms with Gasteiger partial charge in [0.05, 0.1) is 5.69 Å². The van der Waals surface area contributed by atoms with Crippen molar-refractivity contribution in [1.29, 1.82) is 0 Å². The lowest BCUT2D eigenvalue weighted by Gasteiger charge is -2.31. The largest absolute Gasteiger partial charge is 0.341 e. The van der Waals surface area contributed by atoms with Crippen LogP contribution in [-0.4, -0.2) is 43.2 Å². The second-order valence-electron chi connectivity index (χ2n) is 5.18. The van der Waals surface area contributed by atoms with E-state index in [0.29, 0.717) is 11.6 Å². The minimum absolute atomic E-state index is 0.437. The SMILES string of the molecule is c1cnc(N2CCC(c3[nH]nc4nccnc34)CC2)nc1. The summed E-state index contributed by atoms with van der Waals surface area (Å²) in [7, 11) is 0. The molecule has 1 N–H and O–H groups in total. The van der Waals surface area contributed by atoms with Gasteiger partial charge in [-0.15, -0.1) is 0 Å². The van der Waals surface area contributed by atoms with Gasteiger partial charge in [0.25, 0.3) is 0 Å². The number of fused-ring (bicyclic) bond motifs is 1. The van der Waals surface area contributed by atoms with Crippen LogP contribution in [0.1, 0.15) is 24.5 Å². The normalized spacial score (nSPS) is 16.5. The maximum atomic E-state index is 4.40. The van der Waals surface area contributed by atoms with E-state index < -0.39 is 0 Å². The van der Waals surface area contributed by atoms with Crippen LogP contribution in [0.4, 0.5) is 5.95 Å². The van der Waals surface area contributed by atoms with E-state index in [9.17, 15) is 0 Å². The third-order valence-corrected chi connectivity index (χ3v) is 3.95. The minimum Gasteiger partial charge on any atom is -0.341 e. The third-order valence-electron chi connectivity index (χ3n) is 3.95. The Labute approximate surface area is 121 Å². The van der Waals surface area contributed by atoms with E-state index >= 15 is 0 Å². The van der Waals surface area contributed by atoms with E-state index in [2.05, 4.69) is 35.0 Å². The first-order valence-corrected chi connectivity index (χ1v) is 7.09. The Balaban J connectivity index is 1.53. The molecular formula is C14H15N7. The number of aromatic nitrogens is 6. The molecule has 106 valence electrons. The molecule has 0 bridgehead atoms. The van der Waals surface area contributed by atoms with Crippen molar-refractivity contribution in [3.05, 3.63) is 36.5 Å². The zero-order valence-corrected chi connectivity index (χ0v) is 11.5. The van der Waals surface area contributed by atoms with E-state index in [1.165, 1.54) is 0 Å². The molecule has 1 aliphatic rings.